The van der Waals surface area contributed by atoms with E-state index in [0.717, 1.165) is 42.8 Å². The first-order valence-corrected chi connectivity index (χ1v) is 9.76. The van der Waals surface area contributed by atoms with Crippen molar-refractivity contribution in [2.45, 2.75) is 38.0 Å². The quantitative estimate of drug-likeness (QED) is 0.591. The largest absolute Gasteiger partial charge is 0.492 e. The molecule has 2 aliphatic rings. The Morgan fingerprint density at radius 2 is 1.96 bits per heavy atom. The van der Waals surface area contributed by atoms with Crippen LogP contribution in [0.4, 0.5) is 5.69 Å². The van der Waals surface area contributed by atoms with Crippen LogP contribution >= 0.6 is 0 Å². The van der Waals surface area contributed by atoms with E-state index in [2.05, 4.69) is 6.92 Å². The van der Waals surface area contributed by atoms with Gasteiger partial charge in [0.15, 0.2) is 0 Å². The average molecular weight is 380 g/mol. The van der Waals surface area contributed by atoms with Crippen LogP contribution in [0, 0.1) is 10.1 Å². The van der Waals surface area contributed by atoms with Crippen molar-refractivity contribution in [1.29, 1.82) is 0 Å². The van der Waals surface area contributed by atoms with Gasteiger partial charge in [0.2, 0.25) is 0 Å². The molecule has 0 aromatic heterocycles. The second-order valence-electron chi connectivity index (χ2n) is 8.02. The lowest BCUT2D eigenvalue weighted by molar-refractivity contribution is -0.384. The molecule has 2 heterocycles. The standard InChI is InChI=1S/C22H24N2O4/c1-22(14-16-6-5-7-18(12-16)24(26)27)15-28-20-13-17(8-9-19(20)22)21(25)23-10-3-2-4-11-23/h5-9,12-13H,2-4,10-11,14-15H2,1H3/t22-/m1/s1. The smallest absolute Gasteiger partial charge is 0.269 e. The van der Waals surface area contributed by atoms with E-state index in [9.17, 15) is 14.9 Å². The lowest BCUT2D eigenvalue weighted by Gasteiger charge is -2.27. The average Bonchev–Trinajstić information content (AvgIpc) is 3.04. The monoisotopic (exact) mass is 380 g/mol. The summed E-state index contributed by atoms with van der Waals surface area (Å²) >= 11 is 0. The van der Waals surface area contributed by atoms with Gasteiger partial charge >= 0.3 is 0 Å². The normalized spacial score (nSPS) is 21.1. The molecule has 6 heteroatoms. The fourth-order valence-corrected chi connectivity index (χ4v) is 4.24. The van der Waals surface area contributed by atoms with Crippen LogP contribution < -0.4 is 4.74 Å². The second kappa shape index (κ2) is 7.26. The van der Waals surface area contributed by atoms with Gasteiger partial charge in [-0.2, -0.15) is 0 Å². The van der Waals surface area contributed by atoms with Gasteiger partial charge in [-0.05, 0) is 43.4 Å². The second-order valence-corrected chi connectivity index (χ2v) is 8.02. The summed E-state index contributed by atoms with van der Waals surface area (Å²) in [6.45, 7) is 4.23. The molecule has 28 heavy (non-hydrogen) atoms. The number of hydrogen-bond donors (Lipinski definition) is 0. The molecule has 0 aliphatic carbocycles. The summed E-state index contributed by atoms with van der Waals surface area (Å²) < 4.78 is 5.94. The van der Waals surface area contributed by atoms with E-state index in [0.29, 0.717) is 18.6 Å². The Balaban J connectivity index is 1.56. The van der Waals surface area contributed by atoms with Crippen molar-refractivity contribution in [3.8, 4) is 5.75 Å². The third kappa shape index (κ3) is 3.46. The first-order chi connectivity index (χ1) is 13.5. The minimum atomic E-state index is -0.372. The molecule has 1 amide bonds. The molecule has 1 fully saturated rings. The van der Waals surface area contributed by atoms with Crippen LogP contribution in [0.2, 0.25) is 0 Å². The van der Waals surface area contributed by atoms with Gasteiger partial charge in [0.05, 0.1) is 11.5 Å². The van der Waals surface area contributed by atoms with Crippen LogP contribution in [0.5, 0.6) is 5.75 Å². The lowest BCUT2D eigenvalue weighted by Crippen LogP contribution is -2.35. The molecule has 0 N–H and O–H groups in total. The number of nitrogens with zero attached hydrogens (tertiary/aromatic N) is 2. The maximum Gasteiger partial charge on any atom is 0.269 e. The summed E-state index contributed by atoms with van der Waals surface area (Å²) in [5.41, 5.74) is 2.44. The van der Waals surface area contributed by atoms with Gasteiger partial charge in [0, 0.05) is 41.8 Å². The van der Waals surface area contributed by atoms with E-state index in [4.69, 9.17) is 4.74 Å². The molecule has 0 saturated carbocycles. The van der Waals surface area contributed by atoms with Crippen molar-refractivity contribution in [3.05, 3.63) is 69.3 Å². The highest BCUT2D eigenvalue weighted by molar-refractivity contribution is 5.95. The first-order valence-electron chi connectivity index (χ1n) is 9.76. The number of carbonyl (C=O) groups excluding carboxylic acids is 1. The highest BCUT2D eigenvalue weighted by atomic mass is 16.6. The molecular weight excluding hydrogens is 356 g/mol. The minimum Gasteiger partial charge on any atom is -0.492 e. The van der Waals surface area contributed by atoms with Crippen molar-refractivity contribution in [2.75, 3.05) is 19.7 Å². The van der Waals surface area contributed by atoms with Crippen molar-refractivity contribution in [2.24, 2.45) is 0 Å². The molecule has 2 aliphatic heterocycles. The zero-order valence-electron chi connectivity index (χ0n) is 16.0. The van der Waals surface area contributed by atoms with Gasteiger partial charge in [0.25, 0.3) is 11.6 Å². The zero-order valence-corrected chi connectivity index (χ0v) is 16.0. The van der Waals surface area contributed by atoms with E-state index in [1.165, 1.54) is 12.5 Å². The Morgan fingerprint density at radius 3 is 2.71 bits per heavy atom. The highest BCUT2D eigenvalue weighted by Crippen LogP contribution is 2.41. The van der Waals surface area contributed by atoms with E-state index in [1.54, 1.807) is 12.1 Å². The molecule has 1 atom stereocenters. The van der Waals surface area contributed by atoms with Crippen molar-refractivity contribution in [3.63, 3.8) is 0 Å². The third-order valence-corrected chi connectivity index (χ3v) is 5.78. The van der Waals surface area contributed by atoms with Crippen LogP contribution in [0.1, 0.15) is 47.7 Å². The molecule has 0 spiro atoms. The van der Waals surface area contributed by atoms with Crippen molar-refractivity contribution < 1.29 is 14.5 Å². The summed E-state index contributed by atoms with van der Waals surface area (Å²) in [5, 5.41) is 11.0. The predicted octanol–water partition coefficient (Wildman–Crippen LogP) is 4.11. The molecule has 2 aromatic rings. The van der Waals surface area contributed by atoms with Crippen LogP contribution in [-0.2, 0) is 11.8 Å². The van der Waals surface area contributed by atoms with Gasteiger partial charge < -0.3 is 9.64 Å². The van der Waals surface area contributed by atoms with Gasteiger partial charge in [-0.3, -0.25) is 14.9 Å². The van der Waals surface area contributed by atoms with E-state index >= 15 is 0 Å². The number of piperidine rings is 1. The number of ether oxygens (including phenoxy) is 1. The molecule has 146 valence electrons. The Bertz CT molecular complexity index is 921. The van der Waals surface area contributed by atoms with Crippen LogP contribution in [-0.4, -0.2) is 35.4 Å². The fraction of sp³-hybridized carbons (Fsp3) is 0.409. The Morgan fingerprint density at radius 1 is 1.18 bits per heavy atom. The number of carbonyl (C=O) groups is 1. The summed E-state index contributed by atoms with van der Waals surface area (Å²) in [4.78, 5) is 25.4. The van der Waals surface area contributed by atoms with Gasteiger partial charge in [-0.15, -0.1) is 0 Å². The topological polar surface area (TPSA) is 72.7 Å². The molecule has 6 nitrogen and oxygen atoms in total. The van der Waals surface area contributed by atoms with E-state index in [-0.39, 0.29) is 21.9 Å². The van der Waals surface area contributed by atoms with Crippen LogP contribution in [0.15, 0.2) is 42.5 Å². The van der Waals surface area contributed by atoms with Gasteiger partial charge in [-0.25, -0.2) is 0 Å². The number of nitro benzene ring substituents is 1. The SMILES string of the molecule is C[C@@]1(Cc2cccc([N+](=O)[O-])c2)COc2cc(C(=O)N3CCCCC3)ccc21. The minimum absolute atomic E-state index is 0.0680. The van der Waals surface area contributed by atoms with Crippen molar-refractivity contribution >= 4 is 11.6 Å². The Kier molecular flexibility index (Phi) is 4.79. The molecule has 2 aromatic carbocycles. The molecular formula is C22H24N2O4. The van der Waals surface area contributed by atoms with E-state index in [1.807, 2.05) is 29.2 Å². The number of benzene rings is 2. The zero-order chi connectivity index (χ0) is 19.7. The molecule has 0 bridgehead atoms. The van der Waals surface area contributed by atoms with Crippen LogP contribution in [0.25, 0.3) is 0 Å². The molecule has 0 radical (unpaired) electrons. The third-order valence-electron chi connectivity index (χ3n) is 5.78. The predicted molar refractivity (Wildman–Crippen MR) is 106 cm³/mol. The lowest BCUT2D eigenvalue weighted by atomic mass is 9.79. The van der Waals surface area contributed by atoms with E-state index < -0.39 is 0 Å². The van der Waals surface area contributed by atoms with Crippen LogP contribution in [0.3, 0.4) is 0 Å². The summed E-state index contributed by atoms with van der Waals surface area (Å²) in [7, 11) is 0. The summed E-state index contributed by atoms with van der Waals surface area (Å²) in [5.74, 6) is 0.814. The summed E-state index contributed by atoms with van der Waals surface area (Å²) in [6, 6.07) is 12.5. The first kappa shape index (κ1) is 18.5. The van der Waals surface area contributed by atoms with Crippen molar-refractivity contribution in [1.82, 2.24) is 4.90 Å². The Labute approximate surface area is 164 Å². The number of non-ortho nitro benzene ring substituents is 1. The highest BCUT2D eigenvalue weighted by Gasteiger charge is 2.37. The Hall–Kier alpha value is -2.89. The maximum absolute atomic E-state index is 12.8. The van der Waals surface area contributed by atoms with Gasteiger partial charge in [0.1, 0.15) is 5.75 Å². The maximum atomic E-state index is 12.8. The number of nitro groups is 1. The molecule has 4 rings (SSSR count). The number of amides is 1. The molecule has 0 unspecified atom stereocenters. The van der Waals surface area contributed by atoms with Gasteiger partial charge in [-0.1, -0.05) is 25.1 Å². The number of rotatable bonds is 4. The summed E-state index contributed by atoms with van der Waals surface area (Å²) in [6.07, 6.45) is 3.96. The fourth-order valence-electron chi connectivity index (χ4n) is 4.24. The molecule has 1 saturated heterocycles. The number of likely N-dealkylation sites (tertiary alicyclic amines) is 1. The number of hydrogen-bond acceptors (Lipinski definition) is 4. The number of fused-ring (bicyclic) bond motifs is 1.